The summed E-state index contributed by atoms with van der Waals surface area (Å²) in [4.78, 5) is 4.90. The highest BCUT2D eigenvalue weighted by Gasteiger charge is 2.34. The first kappa shape index (κ1) is 13.4. The molecule has 3 heteroatoms. The van der Waals surface area contributed by atoms with E-state index >= 15 is 0 Å². The molecule has 1 aromatic heterocycles. The van der Waals surface area contributed by atoms with Gasteiger partial charge in [0.25, 0.3) is 0 Å². The zero-order valence-electron chi connectivity index (χ0n) is 12.5. The second-order valence-corrected chi connectivity index (χ2v) is 6.75. The Kier molecular flexibility index (Phi) is 3.43. The fourth-order valence-electron chi connectivity index (χ4n) is 2.63. The Morgan fingerprint density at radius 3 is 2.44 bits per heavy atom. The Balaban J connectivity index is 2.44. The van der Waals surface area contributed by atoms with Crippen LogP contribution in [0, 0.1) is 0 Å². The van der Waals surface area contributed by atoms with Gasteiger partial charge in [0.1, 0.15) is 11.6 Å². The van der Waals surface area contributed by atoms with Crippen molar-refractivity contribution in [2.45, 2.75) is 77.7 Å². The Morgan fingerprint density at radius 1 is 1.39 bits per heavy atom. The first-order valence-corrected chi connectivity index (χ1v) is 7.24. The average molecular weight is 249 g/mol. The van der Waals surface area contributed by atoms with Crippen molar-refractivity contribution in [1.29, 1.82) is 0 Å². The van der Waals surface area contributed by atoms with E-state index in [0.29, 0.717) is 12.0 Å². The summed E-state index contributed by atoms with van der Waals surface area (Å²) in [5.41, 5.74) is 7.56. The van der Waals surface area contributed by atoms with Gasteiger partial charge in [-0.1, -0.05) is 41.0 Å². The molecule has 1 aromatic rings. The molecule has 1 aliphatic carbocycles. The molecule has 2 rings (SSSR count). The average Bonchev–Trinajstić information content (AvgIpc) is 3.01. The van der Waals surface area contributed by atoms with E-state index in [-0.39, 0.29) is 5.41 Å². The van der Waals surface area contributed by atoms with E-state index in [1.165, 1.54) is 25.1 Å². The van der Waals surface area contributed by atoms with Gasteiger partial charge < -0.3 is 10.3 Å². The number of nitrogens with two attached hydrogens (primary N) is 1. The SMILES string of the molecule is CCCC(C)c1nc(C(C)(C)C)n(C2CC2)c1N. The molecule has 1 heterocycles. The molecule has 0 spiro atoms. The van der Waals surface area contributed by atoms with Crippen LogP contribution in [0.1, 0.15) is 83.8 Å². The monoisotopic (exact) mass is 249 g/mol. The number of imidazole rings is 1. The molecule has 0 bridgehead atoms. The second kappa shape index (κ2) is 4.60. The summed E-state index contributed by atoms with van der Waals surface area (Å²) in [7, 11) is 0. The largest absolute Gasteiger partial charge is 0.384 e. The van der Waals surface area contributed by atoms with Crippen LogP contribution in [0.5, 0.6) is 0 Å². The molecule has 1 unspecified atom stereocenters. The second-order valence-electron chi connectivity index (χ2n) is 6.75. The van der Waals surface area contributed by atoms with Gasteiger partial charge in [-0.3, -0.25) is 0 Å². The summed E-state index contributed by atoms with van der Waals surface area (Å²) in [6.07, 6.45) is 4.85. The molecule has 0 aliphatic heterocycles. The first-order valence-electron chi connectivity index (χ1n) is 7.24. The van der Waals surface area contributed by atoms with Crippen LogP contribution in [-0.2, 0) is 5.41 Å². The summed E-state index contributed by atoms with van der Waals surface area (Å²) in [6.45, 7) is 11.1. The number of hydrogen-bond donors (Lipinski definition) is 1. The lowest BCUT2D eigenvalue weighted by Gasteiger charge is -2.20. The smallest absolute Gasteiger partial charge is 0.127 e. The van der Waals surface area contributed by atoms with Crippen molar-refractivity contribution in [2.75, 3.05) is 5.73 Å². The van der Waals surface area contributed by atoms with Gasteiger partial charge in [-0.25, -0.2) is 4.98 Å². The van der Waals surface area contributed by atoms with Crippen LogP contribution in [0.15, 0.2) is 0 Å². The lowest BCUT2D eigenvalue weighted by atomic mass is 9.95. The van der Waals surface area contributed by atoms with E-state index < -0.39 is 0 Å². The number of hydrogen-bond acceptors (Lipinski definition) is 2. The van der Waals surface area contributed by atoms with Gasteiger partial charge >= 0.3 is 0 Å². The zero-order chi connectivity index (χ0) is 13.5. The molecule has 0 radical (unpaired) electrons. The van der Waals surface area contributed by atoms with Gasteiger partial charge in [-0.15, -0.1) is 0 Å². The highest BCUT2D eigenvalue weighted by molar-refractivity contribution is 5.43. The molecule has 1 fully saturated rings. The standard InChI is InChI=1S/C15H27N3/c1-6-7-10(2)12-13(16)18(11-8-9-11)14(17-12)15(3,4)5/h10-11H,6-9,16H2,1-5H3. The van der Waals surface area contributed by atoms with Gasteiger partial charge in [0.2, 0.25) is 0 Å². The van der Waals surface area contributed by atoms with Crippen molar-refractivity contribution in [1.82, 2.24) is 9.55 Å². The number of aromatic nitrogens is 2. The molecule has 18 heavy (non-hydrogen) atoms. The lowest BCUT2D eigenvalue weighted by Crippen LogP contribution is -2.19. The molecule has 0 aromatic carbocycles. The van der Waals surface area contributed by atoms with Crippen molar-refractivity contribution in [3.63, 3.8) is 0 Å². The molecule has 1 atom stereocenters. The fraction of sp³-hybridized carbons (Fsp3) is 0.800. The normalized spacial score (nSPS) is 18.1. The fourth-order valence-corrected chi connectivity index (χ4v) is 2.63. The van der Waals surface area contributed by atoms with Crippen LogP contribution in [0.4, 0.5) is 5.82 Å². The van der Waals surface area contributed by atoms with E-state index in [1.807, 2.05) is 0 Å². The Morgan fingerprint density at radius 2 is 2.00 bits per heavy atom. The number of rotatable bonds is 4. The highest BCUT2D eigenvalue weighted by Crippen LogP contribution is 2.43. The predicted molar refractivity (Wildman–Crippen MR) is 76.9 cm³/mol. The minimum atomic E-state index is 0.0703. The number of nitrogen functional groups attached to an aromatic ring is 1. The van der Waals surface area contributed by atoms with Crippen molar-refractivity contribution in [3.05, 3.63) is 11.5 Å². The number of anilines is 1. The third-order valence-electron chi connectivity index (χ3n) is 3.75. The third kappa shape index (κ3) is 2.40. The maximum Gasteiger partial charge on any atom is 0.127 e. The summed E-state index contributed by atoms with van der Waals surface area (Å²) in [5.74, 6) is 2.56. The van der Waals surface area contributed by atoms with Crippen molar-refractivity contribution >= 4 is 5.82 Å². The van der Waals surface area contributed by atoms with Gasteiger partial charge in [-0.2, -0.15) is 0 Å². The minimum absolute atomic E-state index is 0.0703. The Labute approximate surface area is 111 Å². The van der Waals surface area contributed by atoms with Crippen molar-refractivity contribution in [3.8, 4) is 0 Å². The predicted octanol–water partition coefficient (Wildman–Crippen LogP) is 4.00. The van der Waals surface area contributed by atoms with Crippen molar-refractivity contribution in [2.24, 2.45) is 0 Å². The molecule has 0 saturated heterocycles. The van der Waals surface area contributed by atoms with Crippen LogP contribution in [0.2, 0.25) is 0 Å². The summed E-state index contributed by atoms with van der Waals surface area (Å²) in [6, 6.07) is 0.606. The summed E-state index contributed by atoms with van der Waals surface area (Å²) < 4.78 is 2.31. The Hall–Kier alpha value is -0.990. The molecule has 1 saturated carbocycles. The van der Waals surface area contributed by atoms with E-state index in [0.717, 1.165) is 17.9 Å². The quantitative estimate of drug-likeness (QED) is 0.876. The summed E-state index contributed by atoms with van der Waals surface area (Å²) in [5, 5.41) is 0. The van der Waals surface area contributed by atoms with Gasteiger partial charge in [-0.05, 0) is 19.3 Å². The molecule has 0 amide bonds. The molecular weight excluding hydrogens is 222 g/mol. The highest BCUT2D eigenvalue weighted by atomic mass is 15.2. The first-order chi connectivity index (χ1) is 8.36. The molecule has 3 nitrogen and oxygen atoms in total. The molecule has 1 aliphatic rings. The van der Waals surface area contributed by atoms with Gasteiger partial charge in [0, 0.05) is 17.4 Å². The maximum absolute atomic E-state index is 6.37. The molecular formula is C15H27N3. The van der Waals surface area contributed by atoms with E-state index in [2.05, 4.69) is 39.2 Å². The van der Waals surface area contributed by atoms with E-state index in [4.69, 9.17) is 10.7 Å². The lowest BCUT2D eigenvalue weighted by molar-refractivity contribution is 0.503. The Bertz CT molecular complexity index is 422. The van der Waals surface area contributed by atoms with Crippen LogP contribution in [-0.4, -0.2) is 9.55 Å². The topological polar surface area (TPSA) is 43.8 Å². The van der Waals surface area contributed by atoms with Crippen molar-refractivity contribution < 1.29 is 0 Å². The number of nitrogens with zero attached hydrogens (tertiary/aromatic N) is 2. The van der Waals surface area contributed by atoms with Crippen LogP contribution in [0.3, 0.4) is 0 Å². The van der Waals surface area contributed by atoms with Crippen LogP contribution < -0.4 is 5.73 Å². The van der Waals surface area contributed by atoms with Crippen LogP contribution in [0.25, 0.3) is 0 Å². The summed E-state index contributed by atoms with van der Waals surface area (Å²) >= 11 is 0. The zero-order valence-corrected chi connectivity index (χ0v) is 12.5. The van der Waals surface area contributed by atoms with E-state index in [9.17, 15) is 0 Å². The maximum atomic E-state index is 6.37. The van der Waals surface area contributed by atoms with Gasteiger partial charge in [0.05, 0.1) is 5.69 Å². The molecule has 102 valence electrons. The van der Waals surface area contributed by atoms with E-state index in [1.54, 1.807) is 0 Å². The van der Waals surface area contributed by atoms with Gasteiger partial charge in [0.15, 0.2) is 0 Å². The minimum Gasteiger partial charge on any atom is -0.384 e. The third-order valence-corrected chi connectivity index (χ3v) is 3.75. The molecule has 2 N–H and O–H groups in total. The van der Waals surface area contributed by atoms with Crippen LogP contribution >= 0.6 is 0 Å².